The molecule has 0 amide bonds. The fraction of sp³-hybridized carbons (Fsp3) is 0.167. The van der Waals surface area contributed by atoms with Gasteiger partial charge in [0.05, 0.1) is 35.5 Å². The van der Waals surface area contributed by atoms with E-state index in [-0.39, 0.29) is 16.1 Å². The lowest BCUT2D eigenvalue weighted by atomic mass is 10.2. The quantitative estimate of drug-likeness (QED) is 0.699. The molecule has 0 fully saturated rings. The molecule has 0 saturated carbocycles. The van der Waals surface area contributed by atoms with Gasteiger partial charge in [-0.3, -0.25) is 4.79 Å². The number of aromatic carboxylic acids is 1. The zero-order chi connectivity index (χ0) is 19.7. The summed E-state index contributed by atoms with van der Waals surface area (Å²) >= 11 is 7.09. The molecule has 0 atom stereocenters. The highest BCUT2D eigenvalue weighted by molar-refractivity contribution is 7.20. The third-order valence-corrected chi connectivity index (χ3v) is 5.34. The largest absolute Gasteiger partial charge is 0.544 e. The minimum Gasteiger partial charge on any atom is -0.544 e. The van der Waals surface area contributed by atoms with Crippen LogP contribution in [0.3, 0.4) is 0 Å². The van der Waals surface area contributed by atoms with E-state index < -0.39 is 11.5 Å². The molecule has 0 aliphatic rings. The van der Waals surface area contributed by atoms with Crippen molar-refractivity contribution >= 4 is 51.3 Å². The number of carboxylic acids is 1. The number of carbonyl (C=O) groups excluding carboxylic acids is 1. The SMILES string of the molecule is COc1cc(/C=C/c2nc3sc(C(=O)[O-])c(C)c3c(=O)[nH]2)cc(Cl)c1OC. The Bertz CT molecular complexity index is 1130. The van der Waals surface area contributed by atoms with Gasteiger partial charge < -0.3 is 24.4 Å². The van der Waals surface area contributed by atoms with E-state index >= 15 is 0 Å². The smallest absolute Gasteiger partial charge is 0.260 e. The van der Waals surface area contributed by atoms with Gasteiger partial charge in [-0.15, -0.1) is 11.3 Å². The second-order valence-electron chi connectivity index (χ2n) is 5.55. The van der Waals surface area contributed by atoms with E-state index in [2.05, 4.69) is 9.97 Å². The van der Waals surface area contributed by atoms with Crippen molar-refractivity contribution in [2.45, 2.75) is 6.92 Å². The summed E-state index contributed by atoms with van der Waals surface area (Å²) in [4.78, 5) is 30.7. The monoisotopic (exact) mass is 405 g/mol. The first-order chi connectivity index (χ1) is 12.8. The van der Waals surface area contributed by atoms with Crippen LogP contribution in [-0.4, -0.2) is 30.2 Å². The van der Waals surface area contributed by atoms with Crippen molar-refractivity contribution in [3.63, 3.8) is 0 Å². The van der Waals surface area contributed by atoms with Crippen molar-refractivity contribution in [2.75, 3.05) is 14.2 Å². The lowest BCUT2D eigenvalue weighted by Crippen LogP contribution is -2.21. The fourth-order valence-corrected chi connectivity index (χ4v) is 3.96. The number of aromatic amines is 1. The molecule has 3 aromatic rings. The lowest BCUT2D eigenvalue weighted by Gasteiger charge is -2.10. The Labute approximate surface area is 162 Å². The Hall–Kier alpha value is -2.84. The maximum absolute atomic E-state index is 12.3. The Morgan fingerprint density at radius 3 is 2.67 bits per heavy atom. The van der Waals surface area contributed by atoms with E-state index in [1.165, 1.54) is 14.2 Å². The second-order valence-corrected chi connectivity index (χ2v) is 6.95. The summed E-state index contributed by atoms with van der Waals surface area (Å²) in [6.45, 7) is 1.56. The Kier molecular flexibility index (Phi) is 5.20. The molecule has 9 heteroatoms. The Morgan fingerprint density at radius 2 is 2.04 bits per heavy atom. The second kappa shape index (κ2) is 7.42. The molecule has 1 N–H and O–H groups in total. The number of methoxy groups -OCH3 is 2. The van der Waals surface area contributed by atoms with Gasteiger partial charge in [0.1, 0.15) is 10.7 Å². The van der Waals surface area contributed by atoms with Gasteiger partial charge in [-0.2, -0.15) is 0 Å². The van der Waals surface area contributed by atoms with Gasteiger partial charge in [-0.1, -0.05) is 17.7 Å². The van der Waals surface area contributed by atoms with Crippen molar-refractivity contribution in [3.05, 3.63) is 49.3 Å². The molecule has 2 heterocycles. The summed E-state index contributed by atoms with van der Waals surface area (Å²) < 4.78 is 10.4. The summed E-state index contributed by atoms with van der Waals surface area (Å²) in [6, 6.07) is 3.40. The number of aryl methyl sites for hydroxylation is 1. The van der Waals surface area contributed by atoms with Crippen LogP contribution in [0.25, 0.3) is 22.4 Å². The number of carbonyl (C=O) groups is 1. The van der Waals surface area contributed by atoms with Crippen LogP contribution in [0.4, 0.5) is 0 Å². The van der Waals surface area contributed by atoms with Crippen LogP contribution >= 0.6 is 22.9 Å². The van der Waals surface area contributed by atoms with Crippen molar-refractivity contribution in [1.29, 1.82) is 0 Å². The minimum atomic E-state index is -1.33. The molecule has 0 spiro atoms. The van der Waals surface area contributed by atoms with Crippen LogP contribution in [0.2, 0.25) is 5.02 Å². The van der Waals surface area contributed by atoms with Crippen LogP contribution in [0, 0.1) is 6.92 Å². The third kappa shape index (κ3) is 3.54. The molecular weight excluding hydrogens is 392 g/mol. The average Bonchev–Trinajstić information content (AvgIpc) is 2.96. The molecule has 1 aromatic carbocycles. The summed E-state index contributed by atoms with van der Waals surface area (Å²) in [5.41, 5.74) is 0.648. The van der Waals surface area contributed by atoms with E-state index in [1.54, 1.807) is 31.2 Å². The summed E-state index contributed by atoms with van der Waals surface area (Å²) in [7, 11) is 3.00. The first kappa shape index (κ1) is 18.9. The number of thiophene rings is 1. The minimum absolute atomic E-state index is 0.00389. The van der Waals surface area contributed by atoms with E-state index in [0.717, 1.165) is 11.3 Å². The van der Waals surface area contributed by atoms with Gasteiger partial charge in [0.25, 0.3) is 5.56 Å². The third-order valence-electron chi connectivity index (χ3n) is 3.89. The molecule has 7 nitrogen and oxygen atoms in total. The Balaban J connectivity index is 2.03. The van der Waals surface area contributed by atoms with Gasteiger partial charge >= 0.3 is 0 Å². The Morgan fingerprint density at radius 1 is 1.30 bits per heavy atom. The number of rotatable bonds is 5. The van der Waals surface area contributed by atoms with Crippen LogP contribution in [0.5, 0.6) is 11.5 Å². The van der Waals surface area contributed by atoms with Gasteiger partial charge in [-0.25, -0.2) is 4.98 Å². The zero-order valence-electron chi connectivity index (χ0n) is 14.6. The number of ether oxygens (including phenoxy) is 2. The number of halogens is 1. The molecule has 0 aliphatic heterocycles. The van der Waals surface area contributed by atoms with Gasteiger partial charge in [0.2, 0.25) is 0 Å². The number of hydrogen-bond acceptors (Lipinski definition) is 7. The lowest BCUT2D eigenvalue weighted by molar-refractivity contribution is -0.254. The molecule has 0 bridgehead atoms. The summed E-state index contributed by atoms with van der Waals surface area (Å²) in [6.07, 6.45) is 3.28. The number of aromatic nitrogens is 2. The van der Waals surface area contributed by atoms with Gasteiger partial charge in [0, 0.05) is 0 Å². The maximum Gasteiger partial charge on any atom is 0.260 e. The average molecular weight is 406 g/mol. The van der Waals surface area contributed by atoms with Gasteiger partial charge in [-0.05, 0) is 36.3 Å². The van der Waals surface area contributed by atoms with Crippen molar-refractivity contribution < 1.29 is 19.4 Å². The van der Waals surface area contributed by atoms with Crippen LogP contribution < -0.4 is 20.1 Å². The molecule has 27 heavy (non-hydrogen) atoms. The number of nitrogens with one attached hydrogen (secondary N) is 1. The fourth-order valence-electron chi connectivity index (χ4n) is 2.64. The molecule has 3 rings (SSSR count). The number of benzene rings is 1. The van der Waals surface area contributed by atoms with E-state index in [0.29, 0.717) is 32.5 Å². The van der Waals surface area contributed by atoms with Crippen molar-refractivity contribution in [2.24, 2.45) is 0 Å². The van der Waals surface area contributed by atoms with Crippen molar-refractivity contribution in [1.82, 2.24) is 9.97 Å². The molecular formula is C18H14ClN2O5S-. The molecule has 140 valence electrons. The van der Waals surface area contributed by atoms with Crippen LogP contribution in [0.15, 0.2) is 16.9 Å². The molecule has 2 aromatic heterocycles. The normalized spacial score (nSPS) is 11.3. The van der Waals surface area contributed by atoms with Crippen molar-refractivity contribution in [3.8, 4) is 11.5 Å². The number of nitrogens with zero attached hydrogens (tertiary/aromatic N) is 1. The summed E-state index contributed by atoms with van der Waals surface area (Å²) in [5.74, 6) is -0.154. The predicted octanol–water partition coefficient (Wildman–Crippen LogP) is 2.50. The number of fused-ring (bicyclic) bond motifs is 1. The van der Waals surface area contributed by atoms with Gasteiger partial charge in [0.15, 0.2) is 11.5 Å². The highest BCUT2D eigenvalue weighted by atomic mass is 35.5. The van der Waals surface area contributed by atoms with Crippen LogP contribution in [0.1, 0.15) is 26.6 Å². The molecule has 0 unspecified atom stereocenters. The first-order valence-electron chi connectivity index (χ1n) is 7.70. The molecule has 0 saturated heterocycles. The molecule has 0 aliphatic carbocycles. The highest BCUT2D eigenvalue weighted by Crippen LogP contribution is 2.36. The van der Waals surface area contributed by atoms with E-state index in [9.17, 15) is 14.7 Å². The van der Waals surface area contributed by atoms with E-state index in [4.69, 9.17) is 21.1 Å². The highest BCUT2D eigenvalue weighted by Gasteiger charge is 2.14. The topological polar surface area (TPSA) is 104 Å². The van der Waals surface area contributed by atoms with Crippen LogP contribution in [-0.2, 0) is 0 Å². The van der Waals surface area contributed by atoms with E-state index in [1.807, 2.05) is 0 Å². The zero-order valence-corrected chi connectivity index (χ0v) is 16.2. The first-order valence-corrected chi connectivity index (χ1v) is 8.89. The summed E-state index contributed by atoms with van der Waals surface area (Å²) in [5, 5.41) is 11.8. The number of hydrogen-bond donors (Lipinski definition) is 1. The molecule has 0 radical (unpaired) electrons. The number of carboxylic acid groups (broad SMARTS) is 1. The standard InChI is InChI=1S/C18H15ClN2O5S/c1-8-13-16(22)20-12(21-17(13)27-15(8)18(23)24)5-4-9-6-10(19)14(26-3)11(7-9)25-2/h4-7H,1-3H3,(H,23,24)(H,20,21,22)/p-1/b5-4+. The number of H-pyrrole nitrogens is 1. The predicted molar refractivity (Wildman–Crippen MR) is 103 cm³/mol. The maximum atomic E-state index is 12.3.